The maximum atomic E-state index is 12.4. The Labute approximate surface area is 182 Å². The fourth-order valence-electron chi connectivity index (χ4n) is 4.14. The lowest BCUT2D eigenvalue weighted by Gasteiger charge is -2.35. The number of morpholine rings is 1. The van der Waals surface area contributed by atoms with Crippen LogP contribution in [0.5, 0.6) is 0 Å². The van der Waals surface area contributed by atoms with Crippen molar-refractivity contribution in [3.05, 3.63) is 0 Å². The number of aliphatic imine (C=N–C) groups is 1. The van der Waals surface area contributed by atoms with E-state index in [1.54, 1.807) is 0 Å². The van der Waals surface area contributed by atoms with Gasteiger partial charge in [-0.15, -0.1) is 0 Å². The molecule has 2 rings (SSSR count). The summed E-state index contributed by atoms with van der Waals surface area (Å²) in [4.78, 5) is 21.7. The smallest absolute Gasteiger partial charge is 0.408 e. The summed E-state index contributed by atoms with van der Waals surface area (Å²) in [5.74, 6) is 1.57. The Kier molecular flexibility index (Phi) is 9.22. The van der Waals surface area contributed by atoms with Crippen molar-refractivity contribution in [3.63, 3.8) is 0 Å². The molecule has 8 nitrogen and oxygen atoms in total. The molecule has 2 saturated heterocycles. The molecule has 0 spiro atoms. The van der Waals surface area contributed by atoms with E-state index in [1.807, 2.05) is 27.8 Å². The fraction of sp³-hybridized carbons (Fsp3) is 0.909. The zero-order valence-corrected chi connectivity index (χ0v) is 19.9. The SMILES string of the molecule is CCC(CC)(CNC(=NC)N1CCC(CN2CCOCC2)C1)NC(=O)OC(C)(C)C. The van der Waals surface area contributed by atoms with Crippen LogP contribution in [0.3, 0.4) is 0 Å². The first-order valence-corrected chi connectivity index (χ1v) is 11.5. The molecule has 1 amide bonds. The highest BCUT2D eigenvalue weighted by molar-refractivity contribution is 5.80. The van der Waals surface area contributed by atoms with Crippen molar-refractivity contribution in [1.82, 2.24) is 20.4 Å². The molecule has 174 valence electrons. The summed E-state index contributed by atoms with van der Waals surface area (Å²) < 4.78 is 10.9. The molecule has 2 N–H and O–H groups in total. The van der Waals surface area contributed by atoms with Crippen molar-refractivity contribution < 1.29 is 14.3 Å². The molecule has 2 heterocycles. The highest BCUT2D eigenvalue weighted by atomic mass is 16.6. The topological polar surface area (TPSA) is 78.4 Å². The fourth-order valence-corrected chi connectivity index (χ4v) is 4.14. The van der Waals surface area contributed by atoms with Gasteiger partial charge in [0.1, 0.15) is 5.60 Å². The molecule has 0 aliphatic carbocycles. The van der Waals surface area contributed by atoms with Gasteiger partial charge < -0.3 is 25.0 Å². The summed E-state index contributed by atoms with van der Waals surface area (Å²) in [6.07, 6.45) is 2.44. The van der Waals surface area contributed by atoms with Crippen LogP contribution in [0.25, 0.3) is 0 Å². The first kappa shape index (κ1) is 24.7. The number of amides is 1. The number of alkyl carbamates (subject to hydrolysis) is 1. The predicted molar refractivity (Wildman–Crippen MR) is 121 cm³/mol. The van der Waals surface area contributed by atoms with E-state index >= 15 is 0 Å². The van der Waals surface area contributed by atoms with Crippen molar-refractivity contribution in [2.45, 2.75) is 65.0 Å². The molecule has 2 fully saturated rings. The van der Waals surface area contributed by atoms with Gasteiger partial charge in [0.2, 0.25) is 0 Å². The molecule has 0 radical (unpaired) electrons. The Hall–Kier alpha value is -1.54. The summed E-state index contributed by atoms with van der Waals surface area (Å²) in [5.41, 5.74) is -0.878. The molecule has 30 heavy (non-hydrogen) atoms. The van der Waals surface area contributed by atoms with Gasteiger partial charge in [-0.1, -0.05) is 13.8 Å². The largest absolute Gasteiger partial charge is 0.444 e. The number of nitrogens with zero attached hydrogens (tertiary/aromatic N) is 3. The minimum Gasteiger partial charge on any atom is -0.444 e. The van der Waals surface area contributed by atoms with Crippen LogP contribution in [0.1, 0.15) is 53.9 Å². The van der Waals surface area contributed by atoms with Crippen molar-refractivity contribution in [3.8, 4) is 0 Å². The van der Waals surface area contributed by atoms with Crippen LogP contribution in [0, 0.1) is 5.92 Å². The summed E-state index contributed by atoms with van der Waals surface area (Å²) >= 11 is 0. The van der Waals surface area contributed by atoms with Crippen LogP contribution in [0.2, 0.25) is 0 Å². The Morgan fingerprint density at radius 1 is 1.17 bits per heavy atom. The molecule has 1 unspecified atom stereocenters. The van der Waals surface area contributed by atoms with E-state index in [0.29, 0.717) is 12.5 Å². The van der Waals surface area contributed by atoms with Gasteiger partial charge in [0.05, 0.1) is 18.8 Å². The van der Waals surface area contributed by atoms with Crippen LogP contribution >= 0.6 is 0 Å². The maximum Gasteiger partial charge on any atom is 0.408 e. The lowest BCUT2D eigenvalue weighted by molar-refractivity contribution is 0.0315. The van der Waals surface area contributed by atoms with Gasteiger partial charge in [-0.25, -0.2) is 4.79 Å². The molecular weight excluding hydrogens is 382 g/mol. The quantitative estimate of drug-likeness (QED) is 0.481. The maximum absolute atomic E-state index is 12.4. The summed E-state index contributed by atoms with van der Waals surface area (Å²) in [7, 11) is 1.83. The molecule has 0 aromatic carbocycles. The van der Waals surface area contributed by atoms with Gasteiger partial charge >= 0.3 is 6.09 Å². The normalized spacial score (nSPS) is 21.6. The van der Waals surface area contributed by atoms with Crippen molar-refractivity contribution in [2.24, 2.45) is 10.9 Å². The third-order valence-corrected chi connectivity index (χ3v) is 6.12. The van der Waals surface area contributed by atoms with E-state index in [2.05, 4.69) is 39.3 Å². The number of guanidine groups is 1. The second kappa shape index (κ2) is 11.2. The van der Waals surface area contributed by atoms with E-state index in [9.17, 15) is 4.79 Å². The van der Waals surface area contributed by atoms with Crippen LogP contribution in [-0.4, -0.2) is 92.5 Å². The second-order valence-corrected chi connectivity index (χ2v) is 9.53. The van der Waals surface area contributed by atoms with Gasteiger partial charge in [-0.05, 0) is 46.0 Å². The van der Waals surface area contributed by atoms with E-state index in [1.165, 1.54) is 6.42 Å². The standard InChI is InChI=1S/C22H43N5O3/c1-7-22(8-2,25-20(28)30-21(3,4)5)17-24-19(23-6)27-10-9-18(16-27)15-26-11-13-29-14-12-26/h18H,7-17H2,1-6H3,(H,23,24)(H,25,28). The molecular formula is C22H43N5O3. The Balaban J connectivity index is 1.88. The van der Waals surface area contributed by atoms with E-state index in [-0.39, 0.29) is 11.6 Å². The van der Waals surface area contributed by atoms with Crippen LogP contribution in [-0.2, 0) is 9.47 Å². The number of carbonyl (C=O) groups is 1. The van der Waals surface area contributed by atoms with Crippen molar-refractivity contribution in [2.75, 3.05) is 59.5 Å². The van der Waals surface area contributed by atoms with Crippen molar-refractivity contribution in [1.29, 1.82) is 0 Å². The average Bonchev–Trinajstić information content (AvgIpc) is 3.15. The Morgan fingerprint density at radius 2 is 1.83 bits per heavy atom. The van der Waals surface area contributed by atoms with Crippen LogP contribution in [0.15, 0.2) is 4.99 Å². The van der Waals surface area contributed by atoms with Gasteiger partial charge in [0, 0.05) is 46.3 Å². The Bertz CT molecular complexity index is 566. The number of hydrogen-bond acceptors (Lipinski definition) is 5. The molecule has 0 aromatic heterocycles. The number of rotatable bonds is 7. The van der Waals surface area contributed by atoms with Gasteiger partial charge in [0.15, 0.2) is 5.96 Å². The molecule has 2 aliphatic rings. The summed E-state index contributed by atoms with van der Waals surface area (Å²) in [6.45, 7) is 17.4. The van der Waals surface area contributed by atoms with Gasteiger partial charge in [-0.2, -0.15) is 0 Å². The van der Waals surface area contributed by atoms with Crippen molar-refractivity contribution >= 4 is 12.1 Å². The number of nitrogens with one attached hydrogen (secondary N) is 2. The third-order valence-electron chi connectivity index (χ3n) is 6.12. The van der Waals surface area contributed by atoms with E-state index in [4.69, 9.17) is 9.47 Å². The molecule has 0 aromatic rings. The third kappa shape index (κ3) is 7.61. The number of likely N-dealkylation sites (tertiary alicyclic amines) is 1. The first-order valence-electron chi connectivity index (χ1n) is 11.5. The highest BCUT2D eigenvalue weighted by Crippen LogP contribution is 2.20. The predicted octanol–water partition coefficient (Wildman–Crippen LogP) is 2.30. The molecule has 8 heteroatoms. The summed E-state index contributed by atoms with van der Waals surface area (Å²) in [6, 6.07) is 0. The Morgan fingerprint density at radius 3 is 2.40 bits per heavy atom. The highest BCUT2D eigenvalue weighted by Gasteiger charge is 2.32. The number of ether oxygens (including phenoxy) is 2. The molecule has 2 aliphatic heterocycles. The van der Waals surface area contributed by atoms with Crippen LogP contribution < -0.4 is 10.6 Å². The number of carbonyl (C=O) groups excluding carboxylic acids is 1. The van der Waals surface area contributed by atoms with E-state index < -0.39 is 5.60 Å². The molecule has 1 atom stereocenters. The zero-order valence-electron chi connectivity index (χ0n) is 19.9. The van der Waals surface area contributed by atoms with Gasteiger partial charge in [-0.3, -0.25) is 9.89 Å². The second-order valence-electron chi connectivity index (χ2n) is 9.53. The lowest BCUT2D eigenvalue weighted by atomic mass is 9.93. The monoisotopic (exact) mass is 425 g/mol. The summed E-state index contributed by atoms with van der Waals surface area (Å²) in [5, 5.41) is 6.62. The van der Waals surface area contributed by atoms with E-state index in [0.717, 1.165) is 64.7 Å². The minimum atomic E-state index is -0.508. The lowest BCUT2D eigenvalue weighted by Crippen LogP contribution is -2.57. The molecule has 0 saturated carbocycles. The zero-order chi connectivity index (χ0) is 22.2. The van der Waals surface area contributed by atoms with Gasteiger partial charge in [0.25, 0.3) is 0 Å². The molecule has 0 bridgehead atoms. The first-order chi connectivity index (χ1) is 14.2. The van der Waals surface area contributed by atoms with Crippen LogP contribution in [0.4, 0.5) is 4.79 Å². The minimum absolute atomic E-state index is 0.366. The average molecular weight is 426 g/mol. The number of hydrogen-bond donors (Lipinski definition) is 2.